The van der Waals surface area contributed by atoms with Crippen LogP contribution in [0.2, 0.25) is 0 Å². The fourth-order valence-electron chi connectivity index (χ4n) is 4.05. The van der Waals surface area contributed by atoms with Crippen molar-refractivity contribution >= 4 is 15.9 Å². The van der Waals surface area contributed by atoms with E-state index in [1.165, 1.54) is 26.3 Å². The van der Waals surface area contributed by atoms with Crippen molar-refractivity contribution in [2.24, 2.45) is 0 Å². The first-order chi connectivity index (χ1) is 15.4. The highest BCUT2D eigenvalue weighted by atomic mass is 32.2. The van der Waals surface area contributed by atoms with Gasteiger partial charge >= 0.3 is 0 Å². The van der Waals surface area contributed by atoms with Crippen molar-refractivity contribution in [1.29, 1.82) is 0 Å². The highest BCUT2D eigenvalue weighted by Crippen LogP contribution is 2.40. The van der Waals surface area contributed by atoms with Crippen LogP contribution in [0.15, 0.2) is 41.3 Å². The summed E-state index contributed by atoms with van der Waals surface area (Å²) in [5.41, 5.74) is 0.937. The number of carbonyl (C=O) groups is 1. The Labute approximate surface area is 187 Å². The zero-order valence-electron chi connectivity index (χ0n) is 18.0. The van der Waals surface area contributed by atoms with E-state index in [4.69, 9.17) is 18.9 Å². The third-order valence-corrected chi connectivity index (χ3v) is 7.44. The number of fused-ring (bicyclic) bond motifs is 1. The van der Waals surface area contributed by atoms with Crippen LogP contribution in [0.3, 0.4) is 0 Å². The number of nitrogens with one attached hydrogen (secondary N) is 2. The molecule has 1 fully saturated rings. The molecule has 2 heterocycles. The molecular weight excluding hydrogens is 436 g/mol. The quantitative estimate of drug-likeness (QED) is 0.645. The number of rotatable bonds is 7. The van der Waals surface area contributed by atoms with E-state index in [1.54, 1.807) is 6.07 Å². The van der Waals surface area contributed by atoms with Crippen molar-refractivity contribution < 1.29 is 32.2 Å². The number of carbonyl (C=O) groups excluding carboxylic acids is 1. The zero-order valence-corrected chi connectivity index (χ0v) is 18.8. The summed E-state index contributed by atoms with van der Waals surface area (Å²) in [6, 6.07) is 10.2. The second-order valence-corrected chi connectivity index (χ2v) is 9.57. The van der Waals surface area contributed by atoms with E-state index in [0.29, 0.717) is 31.3 Å². The molecule has 0 unspecified atom stereocenters. The average Bonchev–Trinajstić information content (AvgIpc) is 3.30. The van der Waals surface area contributed by atoms with Gasteiger partial charge < -0.3 is 24.3 Å². The molecule has 0 spiro atoms. The van der Waals surface area contributed by atoms with Crippen LogP contribution in [-0.2, 0) is 20.2 Å². The molecule has 2 aromatic carbocycles. The Morgan fingerprint density at radius 1 is 1.09 bits per heavy atom. The number of methoxy groups -OCH3 is 1. The highest BCUT2D eigenvalue weighted by Gasteiger charge is 2.36. The minimum Gasteiger partial charge on any atom is -0.495 e. The number of hydrogen-bond acceptors (Lipinski definition) is 7. The van der Waals surface area contributed by atoms with Gasteiger partial charge in [0.05, 0.1) is 7.11 Å². The third kappa shape index (κ3) is 4.25. The summed E-state index contributed by atoms with van der Waals surface area (Å²) in [5, 5.41) is 2.99. The van der Waals surface area contributed by atoms with Gasteiger partial charge in [0, 0.05) is 30.7 Å². The highest BCUT2D eigenvalue weighted by molar-refractivity contribution is 7.89. The molecular formula is C22H26N2O7S. The van der Waals surface area contributed by atoms with E-state index in [1.807, 2.05) is 18.2 Å². The van der Waals surface area contributed by atoms with Gasteiger partial charge in [-0.2, -0.15) is 0 Å². The Bertz CT molecular complexity index is 1110. The molecule has 172 valence electrons. The monoisotopic (exact) mass is 462 g/mol. The van der Waals surface area contributed by atoms with Crippen LogP contribution in [0.1, 0.15) is 28.8 Å². The molecule has 2 aliphatic heterocycles. The molecule has 0 bridgehead atoms. The fraction of sp³-hybridized carbons (Fsp3) is 0.409. The van der Waals surface area contributed by atoms with Crippen LogP contribution < -0.4 is 24.2 Å². The van der Waals surface area contributed by atoms with Gasteiger partial charge in [0.1, 0.15) is 10.6 Å². The Kier molecular flexibility index (Phi) is 6.27. The minimum absolute atomic E-state index is 0.0910. The molecule has 10 heteroatoms. The average molecular weight is 463 g/mol. The predicted octanol–water partition coefficient (Wildman–Crippen LogP) is 1.81. The van der Waals surface area contributed by atoms with E-state index in [-0.39, 0.29) is 34.3 Å². The predicted molar refractivity (Wildman–Crippen MR) is 116 cm³/mol. The fourth-order valence-corrected chi connectivity index (χ4v) is 4.96. The zero-order chi connectivity index (χ0) is 22.8. The lowest BCUT2D eigenvalue weighted by atomic mass is 9.74. The van der Waals surface area contributed by atoms with E-state index >= 15 is 0 Å². The van der Waals surface area contributed by atoms with Crippen molar-refractivity contribution in [2.45, 2.75) is 23.2 Å². The second kappa shape index (κ2) is 8.97. The first-order valence-corrected chi connectivity index (χ1v) is 11.7. The SMILES string of the molecule is CNS(=O)(=O)c1cc(C(=O)NCC2(c3ccc4c(c3)OCO4)CCOCC2)ccc1OC. The molecule has 9 nitrogen and oxygen atoms in total. The minimum atomic E-state index is -3.79. The summed E-state index contributed by atoms with van der Waals surface area (Å²) in [4.78, 5) is 12.9. The molecule has 0 saturated carbocycles. The van der Waals surface area contributed by atoms with E-state index in [0.717, 1.165) is 18.4 Å². The molecule has 1 saturated heterocycles. The number of hydrogen-bond donors (Lipinski definition) is 2. The summed E-state index contributed by atoms with van der Waals surface area (Å²) in [7, 11) is -1.10. The van der Waals surface area contributed by atoms with Crippen molar-refractivity contribution in [3.8, 4) is 17.2 Å². The summed E-state index contributed by atoms with van der Waals surface area (Å²) < 4.78 is 48.6. The normalized spacial score (nSPS) is 17.1. The van der Waals surface area contributed by atoms with E-state index in [2.05, 4.69) is 10.0 Å². The molecule has 0 atom stereocenters. The molecule has 0 radical (unpaired) electrons. The molecule has 4 rings (SSSR count). The van der Waals surface area contributed by atoms with Gasteiger partial charge in [-0.25, -0.2) is 13.1 Å². The van der Waals surface area contributed by atoms with E-state index in [9.17, 15) is 13.2 Å². The summed E-state index contributed by atoms with van der Waals surface area (Å²) in [6.45, 7) is 1.73. The summed E-state index contributed by atoms with van der Waals surface area (Å²) in [6.07, 6.45) is 1.46. The van der Waals surface area contributed by atoms with Crippen LogP contribution in [0.5, 0.6) is 17.2 Å². The lowest BCUT2D eigenvalue weighted by molar-refractivity contribution is 0.0486. The van der Waals surface area contributed by atoms with Crippen molar-refractivity contribution in [1.82, 2.24) is 10.0 Å². The first-order valence-electron chi connectivity index (χ1n) is 10.3. The maximum Gasteiger partial charge on any atom is 0.251 e. The van der Waals surface area contributed by atoms with Crippen molar-refractivity contribution in [3.63, 3.8) is 0 Å². The van der Waals surface area contributed by atoms with Crippen LogP contribution in [0, 0.1) is 0 Å². The number of benzene rings is 2. The van der Waals surface area contributed by atoms with Gasteiger partial charge in [-0.05, 0) is 55.8 Å². The molecule has 32 heavy (non-hydrogen) atoms. The molecule has 2 aliphatic rings. The number of amides is 1. The Balaban J connectivity index is 1.58. The molecule has 0 aromatic heterocycles. The lowest BCUT2D eigenvalue weighted by Crippen LogP contribution is -2.44. The smallest absolute Gasteiger partial charge is 0.251 e. The van der Waals surface area contributed by atoms with Crippen molar-refractivity contribution in [3.05, 3.63) is 47.5 Å². The maximum absolute atomic E-state index is 13.0. The Hall–Kier alpha value is -2.82. The number of ether oxygens (including phenoxy) is 4. The molecule has 1 amide bonds. The lowest BCUT2D eigenvalue weighted by Gasteiger charge is -2.38. The topological polar surface area (TPSA) is 112 Å². The van der Waals surface area contributed by atoms with Crippen LogP contribution in [-0.4, -0.2) is 55.0 Å². The Morgan fingerprint density at radius 2 is 1.84 bits per heavy atom. The van der Waals surface area contributed by atoms with Gasteiger partial charge in [0.2, 0.25) is 16.8 Å². The largest absolute Gasteiger partial charge is 0.495 e. The number of sulfonamides is 1. The van der Waals surface area contributed by atoms with Crippen LogP contribution >= 0.6 is 0 Å². The van der Waals surface area contributed by atoms with Gasteiger partial charge in [-0.3, -0.25) is 4.79 Å². The third-order valence-electron chi connectivity index (χ3n) is 6.01. The maximum atomic E-state index is 13.0. The Morgan fingerprint density at radius 3 is 2.56 bits per heavy atom. The standard InChI is InChI=1S/C22H26N2O7S/c1-23-32(26,27)20-11-15(3-5-18(20)28-2)21(25)24-13-22(7-9-29-10-8-22)16-4-6-17-19(12-16)31-14-30-17/h3-6,11-12,23H,7-10,13-14H2,1-2H3,(H,24,25). The second-order valence-electron chi connectivity index (χ2n) is 7.72. The van der Waals surface area contributed by atoms with E-state index < -0.39 is 10.0 Å². The molecule has 0 aliphatic carbocycles. The van der Waals surface area contributed by atoms with Gasteiger partial charge in [-0.15, -0.1) is 0 Å². The molecule has 2 N–H and O–H groups in total. The van der Waals surface area contributed by atoms with Gasteiger partial charge in [0.15, 0.2) is 11.5 Å². The van der Waals surface area contributed by atoms with Gasteiger partial charge in [0.25, 0.3) is 5.91 Å². The summed E-state index contributed by atoms with van der Waals surface area (Å²) in [5.74, 6) is 1.19. The van der Waals surface area contributed by atoms with Crippen molar-refractivity contribution in [2.75, 3.05) is 40.7 Å². The summed E-state index contributed by atoms with van der Waals surface area (Å²) >= 11 is 0. The first kappa shape index (κ1) is 22.4. The molecule has 2 aromatic rings. The van der Waals surface area contributed by atoms with Gasteiger partial charge in [-0.1, -0.05) is 6.07 Å². The van der Waals surface area contributed by atoms with Crippen LogP contribution in [0.25, 0.3) is 0 Å². The van der Waals surface area contributed by atoms with Crippen LogP contribution in [0.4, 0.5) is 0 Å².